The number of esters is 1. The molecule has 4 aromatic rings. The molecule has 0 fully saturated rings. The van der Waals surface area contributed by atoms with Gasteiger partial charge in [0.15, 0.2) is 11.9 Å². The normalized spacial score (nSPS) is 11.0. The highest BCUT2D eigenvalue weighted by Gasteiger charge is 2.26. The fourth-order valence-electron chi connectivity index (χ4n) is 3.62. The number of carbonyl (C=O) groups excluding carboxylic acids is 2. The summed E-state index contributed by atoms with van der Waals surface area (Å²) in [4.78, 5) is 37.0. The second-order valence-electron chi connectivity index (χ2n) is 8.14. The molecule has 0 spiro atoms. The van der Waals surface area contributed by atoms with Gasteiger partial charge >= 0.3 is 5.97 Å². The van der Waals surface area contributed by atoms with Gasteiger partial charge in [-0.3, -0.25) is 9.59 Å². The molecule has 0 aliphatic carbocycles. The van der Waals surface area contributed by atoms with Crippen molar-refractivity contribution in [2.45, 2.75) is 13.3 Å². The molecule has 0 atom stereocenters. The fraction of sp³-hybridized carbons (Fsp3) is 0.240. The van der Waals surface area contributed by atoms with Crippen LogP contribution >= 0.6 is 27.3 Å². The van der Waals surface area contributed by atoms with Crippen molar-refractivity contribution in [3.8, 4) is 10.4 Å². The molecule has 2 aromatic heterocycles. The Morgan fingerprint density at radius 3 is 2.69 bits per heavy atom. The number of benzene rings is 2. The first-order chi connectivity index (χ1) is 16.7. The van der Waals surface area contributed by atoms with Gasteiger partial charge in [-0.2, -0.15) is 0 Å². The van der Waals surface area contributed by atoms with Gasteiger partial charge in [-0.1, -0.05) is 35.6 Å². The number of aromatic amines is 1. The van der Waals surface area contributed by atoms with Crippen LogP contribution in [0.15, 0.2) is 53.1 Å². The van der Waals surface area contributed by atoms with Crippen LogP contribution in [0, 0.1) is 5.82 Å². The Labute approximate surface area is 214 Å². The number of aromatic nitrogens is 2. The number of amides is 1. The molecule has 35 heavy (non-hydrogen) atoms. The van der Waals surface area contributed by atoms with E-state index in [0.29, 0.717) is 33.0 Å². The number of thiazole rings is 1. The molecule has 1 amide bonds. The van der Waals surface area contributed by atoms with E-state index in [9.17, 15) is 14.0 Å². The number of carbonyl (C=O) groups is 2. The Hall–Kier alpha value is -3.24. The Morgan fingerprint density at radius 1 is 1.20 bits per heavy atom. The molecular formula is C25H24BrFN4O3S. The highest BCUT2D eigenvalue weighted by molar-refractivity contribution is 9.10. The minimum absolute atomic E-state index is 0.197. The van der Waals surface area contributed by atoms with Crippen LogP contribution in [0.3, 0.4) is 0 Å². The van der Waals surface area contributed by atoms with Gasteiger partial charge in [0.1, 0.15) is 11.5 Å². The van der Waals surface area contributed by atoms with Crippen LogP contribution in [0.5, 0.6) is 0 Å². The molecule has 2 heterocycles. The van der Waals surface area contributed by atoms with E-state index in [4.69, 9.17) is 4.74 Å². The lowest BCUT2D eigenvalue weighted by atomic mass is 10.1. The van der Waals surface area contributed by atoms with Crippen LogP contribution in [0.1, 0.15) is 23.0 Å². The van der Waals surface area contributed by atoms with Crippen molar-refractivity contribution in [1.82, 2.24) is 14.9 Å². The average Bonchev–Trinajstić information content (AvgIpc) is 3.45. The number of fused-ring (bicyclic) bond motifs is 1. The minimum atomic E-state index is -0.482. The third-order valence-corrected chi connectivity index (χ3v) is 7.30. The second kappa shape index (κ2) is 10.6. The van der Waals surface area contributed by atoms with E-state index >= 15 is 0 Å². The van der Waals surface area contributed by atoms with Crippen LogP contribution in [-0.4, -0.2) is 54.1 Å². The summed E-state index contributed by atoms with van der Waals surface area (Å²) in [6.07, 6.45) is 2.48. The van der Waals surface area contributed by atoms with E-state index in [1.54, 1.807) is 12.1 Å². The number of hydrogen-bond acceptors (Lipinski definition) is 6. The van der Waals surface area contributed by atoms with Crippen molar-refractivity contribution < 1.29 is 18.7 Å². The minimum Gasteiger partial charge on any atom is -0.444 e. The van der Waals surface area contributed by atoms with Crippen molar-refractivity contribution in [1.29, 1.82) is 0 Å². The summed E-state index contributed by atoms with van der Waals surface area (Å²) in [5, 5.41) is 1.71. The molecule has 0 bridgehead atoms. The molecule has 0 aliphatic heterocycles. The third-order valence-electron chi connectivity index (χ3n) is 5.42. The molecule has 10 heteroatoms. The molecule has 182 valence electrons. The maximum Gasteiger partial charge on any atom is 0.304 e. The van der Waals surface area contributed by atoms with E-state index < -0.39 is 11.8 Å². The Kier molecular flexibility index (Phi) is 7.51. The summed E-state index contributed by atoms with van der Waals surface area (Å²) in [6.45, 7) is 1.42. The van der Waals surface area contributed by atoms with Crippen molar-refractivity contribution in [2.75, 3.05) is 32.3 Å². The largest absolute Gasteiger partial charge is 0.444 e. The third kappa shape index (κ3) is 5.54. The number of H-pyrrole nitrogens is 1. The highest BCUT2D eigenvalue weighted by atomic mass is 79.9. The molecule has 0 saturated carbocycles. The number of anilines is 1. The number of ether oxygens (including phenoxy) is 1. The number of rotatable bonds is 8. The molecule has 7 nitrogen and oxygen atoms in total. The highest BCUT2D eigenvalue weighted by Crippen LogP contribution is 2.36. The first-order valence-electron chi connectivity index (χ1n) is 10.9. The van der Waals surface area contributed by atoms with Gasteiger partial charge in [0.05, 0.1) is 9.35 Å². The van der Waals surface area contributed by atoms with E-state index in [-0.39, 0.29) is 18.3 Å². The Bertz CT molecular complexity index is 1380. The number of nitrogens with zero attached hydrogens (tertiary/aromatic N) is 3. The van der Waals surface area contributed by atoms with Crippen LogP contribution < -0.4 is 4.90 Å². The van der Waals surface area contributed by atoms with Gasteiger partial charge in [-0.25, -0.2) is 9.37 Å². The van der Waals surface area contributed by atoms with Gasteiger partial charge < -0.3 is 19.5 Å². The van der Waals surface area contributed by atoms with Gasteiger partial charge in [0, 0.05) is 44.7 Å². The fourth-order valence-corrected chi connectivity index (χ4v) is 4.97. The van der Waals surface area contributed by atoms with E-state index in [0.717, 1.165) is 16.5 Å². The maximum absolute atomic E-state index is 13.9. The molecule has 4 rings (SSSR count). The van der Waals surface area contributed by atoms with E-state index in [2.05, 4.69) is 25.9 Å². The molecule has 0 aliphatic rings. The van der Waals surface area contributed by atoms with Gasteiger partial charge in [0.2, 0.25) is 0 Å². The summed E-state index contributed by atoms with van der Waals surface area (Å²) >= 11 is 4.55. The van der Waals surface area contributed by atoms with Crippen LogP contribution in [0.4, 0.5) is 9.52 Å². The van der Waals surface area contributed by atoms with Gasteiger partial charge in [0.25, 0.3) is 5.91 Å². The summed E-state index contributed by atoms with van der Waals surface area (Å²) in [7, 11) is 3.68. The van der Waals surface area contributed by atoms with Crippen LogP contribution in [0.25, 0.3) is 21.3 Å². The number of halogens is 2. The number of para-hydroxylation sites is 1. The summed E-state index contributed by atoms with van der Waals surface area (Å²) in [5.74, 6) is -1.25. The lowest BCUT2D eigenvalue weighted by molar-refractivity contribution is -0.144. The zero-order valence-corrected chi connectivity index (χ0v) is 21.9. The molecule has 0 radical (unpaired) electrons. The summed E-state index contributed by atoms with van der Waals surface area (Å²) in [6, 6.07) is 12.5. The predicted octanol–water partition coefficient (Wildman–Crippen LogP) is 5.46. The number of hydrogen-bond donors (Lipinski definition) is 1. The van der Waals surface area contributed by atoms with Crippen LogP contribution in [0.2, 0.25) is 0 Å². The average molecular weight is 559 g/mol. The maximum atomic E-state index is 13.9. The zero-order chi connectivity index (χ0) is 25.1. The molecule has 2 aromatic carbocycles. The standard InChI is InChI=1S/C25H24BrFN4O3S/c1-15(32)34-14-31(11-10-17-13-28-21-7-5-4-6-18(17)21)24(33)22-23(35-25(29-22)30(2)3)16-8-9-20(27)19(26)12-16/h4-9,12-13,28H,10-11,14H2,1-3H3. The lowest BCUT2D eigenvalue weighted by Crippen LogP contribution is -2.36. The van der Waals surface area contributed by atoms with Crippen molar-refractivity contribution in [3.63, 3.8) is 0 Å². The molecular weight excluding hydrogens is 535 g/mol. The smallest absolute Gasteiger partial charge is 0.304 e. The van der Waals surface area contributed by atoms with Crippen LogP contribution in [-0.2, 0) is 16.0 Å². The second-order valence-corrected chi connectivity index (χ2v) is 9.97. The topological polar surface area (TPSA) is 78.5 Å². The van der Waals surface area contributed by atoms with E-state index in [1.807, 2.05) is 49.5 Å². The van der Waals surface area contributed by atoms with Gasteiger partial charge in [-0.05, 0) is 51.7 Å². The molecule has 0 saturated heterocycles. The summed E-state index contributed by atoms with van der Waals surface area (Å²) < 4.78 is 19.4. The van der Waals surface area contributed by atoms with E-state index in [1.165, 1.54) is 29.2 Å². The quantitative estimate of drug-likeness (QED) is 0.229. The lowest BCUT2D eigenvalue weighted by Gasteiger charge is -2.21. The Balaban J connectivity index is 1.67. The number of nitrogens with one attached hydrogen (secondary N) is 1. The monoisotopic (exact) mass is 558 g/mol. The first kappa shape index (κ1) is 24.9. The summed E-state index contributed by atoms with van der Waals surface area (Å²) in [5.41, 5.74) is 2.95. The predicted molar refractivity (Wildman–Crippen MR) is 139 cm³/mol. The van der Waals surface area contributed by atoms with Crippen molar-refractivity contribution in [2.24, 2.45) is 0 Å². The molecule has 0 unspecified atom stereocenters. The first-order valence-corrected chi connectivity index (χ1v) is 12.5. The van der Waals surface area contributed by atoms with Crippen molar-refractivity contribution >= 4 is 55.2 Å². The zero-order valence-electron chi connectivity index (χ0n) is 19.5. The SMILES string of the molecule is CC(=O)OCN(CCc1c[nH]c2ccccc12)C(=O)c1nc(N(C)C)sc1-c1ccc(F)c(Br)c1. The molecule has 1 N–H and O–H groups in total. The Morgan fingerprint density at radius 2 is 1.97 bits per heavy atom. The van der Waals surface area contributed by atoms with Crippen molar-refractivity contribution in [3.05, 3.63) is 70.2 Å². The van der Waals surface area contributed by atoms with Gasteiger partial charge in [-0.15, -0.1) is 0 Å².